The number of fused-ring (bicyclic) bond motifs is 1. The molecule has 1 unspecified atom stereocenters. The second-order valence-corrected chi connectivity index (χ2v) is 10.5. The maximum atomic E-state index is 12.8. The number of pyridine rings is 1. The molecule has 2 aliphatic rings. The SMILES string of the molecule is Cc1cc(COC2CCN(S(=O)(=O)CC(C3CC3)N(O)C=O)CC2)c2ccccc2n1. The Morgan fingerprint density at radius 2 is 1.97 bits per heavy atom. The summed E-state index contributed by atoms with van der Waals surface area (Å²) in [5, 5.41) is 11.4. The molecule has 2 fully saturated rings. The first-order valence-corrected chi connectivity index (χ1v) is 12.4. The highest BCUT2D eigenvalue weighted by atomic mass is 32.2. The summed E-state index contributed by atoms with van der Waals surface area (Å²) in [5.41, 5.74) is 2.97. The van der Waals surface area contributed by atoms with Crippen LogP contribution in [-0.4, -0.2) is 65.4 Å². The first-order chi connectivity index (χ1) is 14.9. The Morgan fingerprint density at radius 3 is 2.65 bits per heavy atom. The number of hydroxylamine groups is 2. The van der Waals surface area contributed by atoms with Crippen molar-refractivity contribution in [1.29, 1.82) is 0 Å². The van der Waals surface area contributed by atoms with Gasteiger partial charge in [0, 0.05) is 24.2 Å². The predicted molar refractivity (Wildman–Crippen MR) is 116 cm³/mol. The van der Waals surface area contributed by atoms with Gasteiger partial charge in [-0.1, -0.05) is 18.2 Å². The summed E-state index contributed by atoms with van der Waals surface area (Å²) in [7, 11) is -3.56. The number of aryl methyl sites for hydroxylation is 1. The number of aromatic nitrogens is 1. The number of piperidine rings is 1. The molecule has 1 aliphatic heterocycles. The number of rotatable bonds is 9. The van der Waals surface area contributed by atoms with Gasteiger partial charge in [0.1, 0.15) is 0 Å². The number of hydrogen-bond donors (Lipinski definition) is 1. The van der Waals surface area contributed by atoms with Crippen LogP contribution in [-0.2, 0) is 26.2 Å². The molecule has 0 radical (unpaired) electrons. The van der Waals surface area contributed by atoms with Gasteiger partial charge >= 0.3 is 0 Å². The number of amides is 1. The minimum Gasteiger partial charge on any atom is -0.373 e. The van der Waals surface area contributed by atoms with Crippen molar-refractivity contribution in [3.05, 3.63) is 41.6 Å². The molecule has 31 heavy (non-hydrogen) atoms. The van der Waals surface area contributed by atoms with Crippen molar-refractivity contribution in [2.24, 2.45) is 5.92 Å². The lowest BCUT2D eigenvalue weighted by Crippen LogP contribution is -2.47. The molecule has 1 N–H and O–H groups in total. The molecule has 1 aromatic carbocycles. The summed E-state index contributed by atoms with van der Waals surface area (Å²) in [4.78, 5) is 15.5. The lowest BCUT2D eigenvalue weighted by atomic mass is 10.1. The van der Waals surface area contributed by atoms with Crippen molar-refractivity contribution < 1.29 is 23.2 Å². The second-order valence-electron chi connectivity index (χ2n) is 8.52. The molecule has 1 atom stereocenters. The van der Waals surface area contributed by atoms with Crippen LogP contribution in [0.25, 0.3) is 10.9 Å². The summed E-state index contributed by atoms with van der Waals surface area (Å²) in [6.45, 7) is 3.19. The van der Waals surface area contributed by atoms with Gasteiger partial charge in [0.05, 0.1) is 30.0 Å². The maximum Gasteiger partial charge on any atom is 0.233 e. The van der Waals surface area contributed by atoms with E-state index in [1.165, 1.54) is 4.31 Å². The Balaban J connectivity index is 1.33. The highest BCUT2D eigenvalue weighted by Crippen LogP contribution is 2.36. The third-order valence-corrected chi connectivity index (χ3v) is 8.11. The molecule has 168 valence electrons. The van der Waals surface area contributed by atoms with Crippen LogP contribution in [0.1, 0.15) is 36.9 Å². The van der Waals surface area contributed by atoms with Gasteiger partial charge in [-0.15, -0.1) is 0 Å². The molecule has 2 heterocycles. The van der Waals surface area contributed by atoms with Crippen molar-refractivity contribution in [3.63, 3.8) is 0 Å². The minimum absolute atomic E-state index is 0.0118. The summed E-state index contributed by atoms with van der Waals surface area (Å²) >= 11 is 0. The highest BCUT2D eigenvalue weighted by molar-refractivity contribution is 7.89. The van der Waals surface area contributed by atoms with Gasteiger partial charge in [0.2, 0.25) is 16.4 Å². The van der Waals surface area contributed by atoms with Gasteiger partial charge in [-0.2, -0.15) is 0 Å². The van der Waals surface area contributed by atoms with E-state index in [0.717, 1.165) is 35.0 Å². The quantitative estimate of drug-likeness (QED) is 0.360. The smallest absolute Gasteiger partial charge is 0.233 e. The van der Waals surface area contributed by atoms with Crippen LogP contribution in [0.15, 0.2) is 30.3 Å². The zero-order chi connectivity index (χ0) is 22.0. The first kappa shape index (κ1) is 22.1. The zero-order valence-corrected chi connectivity index (χ0v) is 18.5. The number of para-hydroxylation sites is 1. The summed E-state index contributed by atoms with van der Waals surface area (Å²) in [6, 6.07) is 9.35. The van der Waals surface area contributed by atoms with Crippen LogP contribution in [0.4, 0.5) is 0 Å². The van der Waals surface area contributed by atoms with Crippen LogP contribution < -0.4 is 0 Å². The van der Waals surface area contributed by atoms with E-state index >= 15 is 0 Å². The lowest BCUT2D eigenvalue weighted by Gasteiger charge is -2.33. The molecule has 1 saturated heterocycles. The Kier molecular flexibility index (Phi) is 6.57. The molecule has 4 rings (SSSR count). The highest BCUT2D eigenvalue weighted by Gasteiger charge is 2.40. The molecule has 1 saturated carbocycles. The molecule has 9 heteroatoms. The van der Waals surface area contributed by atoms with Crippen molar-refractivity contribution >= 4 is 27.3 Å². The van der Waals surface area contributed by atoms with Gasteiger partial charge in [-0.3, -0.25) is 15.0 Å². The normalized spacial score (nSPS) is 19.4. The van der Waals surface area contributed by atoms with Crippen molar-refractivity contribution in [1.82, 2.24) is 14.4 Å². The Hall–Kier alpha value is -2.07. The van der Waals surface area contributed by atoms with Gasteiger partial charge in [-0.25, -0.2) is 17.8 Å². The molecule has 0 bridgehead atoms. The first-order valence-electron chi connectivity index (χ1n) is 10.7. The average Bonchev–Trinajstić information content (AvgIpc) is 3.61. The fourth-order valence-electron chi connectivity index (χ4n) is 4.31. The number of ether oxygens (including phenoxy) is 1. The second kappa shape index (κ2) is 9.20. The van der Waals surface area contributed by atoms with Crippen molar-refractivity contribution in [2.75, 3.05) is 18.8 Å². The topological polar surface area (TPSA) is 100 Å². The van der Waals surface area contributed by atoms with Gasteiger partial charge < -0.3 is 4.74 Å². The third kappa shape index (κ3) is 5.23. The Morgan fingerprint density at radius 1 is 1.26 bits per heavy atom. The Bertz CT molecular complexity index is 1030. The lowest BCUT2D eigenvalue weighted by molar-refractivity contribution is -0.160. The fraction of sp³-hybridized carbons (Fsp3) is 0.545. The van der Waals surface area contributed by atoms with Crippen LogP contribution in [0.2, 0.25) is 0 Å². The number of nitrogens with zero attached hydrogens (tertiary/aromatic N) is 3. The van der Waals surface area contributed by atoms with E-state index in [0.29, 0.717) is 44.0 Å². The molecular weight excluding hydrogens is 418 g/mol. The van der Waals surface area contributed by atoms with Crippen LogP contribution in [0, 0.1) is 12.8 Å². The van der Waals surface area contributed by atoms with Gasteiger partial charge in [-0.05, 0) is 56.2 Å². The molecule has 8 nitrogen and oxygen atoms in total. The molecular formula is C22H29N3O5S. The third-order valence-electron chi connectivity index (χ3n) is 6.19. The number of sulfonamides is 1. The van der Waals surface area contributed by atoms with E-state index in [1.54, 1.807) is 0 Å². The standard InChI is InChI=1S/C22H29N3O5S/c1-16-12-18(20-4-2-3-5-21(20)23-16)13-30-19-8-10-24(11-9-19)31(28,29)14-22(17-6-7-17)25(27)15-26/h2-5,12,15,17,19,22,27H,6-11,13-14H2,1H3. The van der Waals surface area contributed by atoms with E-state index in [2.05, 4.69) is 4.98 Å². The molecule has 1 aromatic heterocycles. The van der Waals surface area contributed by atoms with E-state index in [4.69, 9.17) is 4.74 Å². The number of carbonyl (C=O) groups is 1. The monoisotopic (exact) mass is 447 g/mol. The average molecular weight is 448 g/mol. The number of carbonyl (C=O) groups excluding carboxylic acids is 1. The zero-order valence-electron chi connectivity index (χ0n) is 17.7. The van der Waals surface area contributed by atoms with E-state index in [-0.39, 0.29) is 17.8 Å². The molecule has 1 aliphatic carbocycles. The maximum absolute atomic E-state index is 12.8. The van der Waals surface area contributed by atoms with Crippen molar-refractivity contribution in [2.45, 2.75) is 51.4 Å². The number of benzene rings is 1. The van der Waals surface area contributed by atoms with E-state index in [9.17, 15) is 18.4 Å². The fourth-order valence-corrected chi connectivity index (χ4v) is 6.14. The van der Waals surface area contributed by atoms with Crippen LogP contribution in [0.3, 0.4) is 0 Å². The van der Waals surface area contributed by atoms with E-state index < -0.39 is 16.1 Å². The summed E-state index contributed by atoms with van der Waals surface area (Å²) < 4.78 is 33.3. The molecule has 0 spiro atoms. The largest absolute Gasteiger partial charge is 0.373 e. The minimum atomic E-state index is -3.56. The van der Waals surface area contributed by atoms with Crippen LogP contribution >= 0.6 is 0 Å². The van der Waals surface area contributed by atoms with Gasteiger partial charge in [0.25, 0.3) is 0 Å². The molecule has 2 aromatic rings. The Labute approximate surface area is 182 Å². The van der Waals surface area contributed by atoms with Crippen LogP contribution in [0.5, 0.6) is 0 Å². The molecule has 1 amide bonds. The van der Waals surface area contributed by atoms with Crippen molar-refractivity contribution in [3.8, 4) is 0 Å². The van der Waals surface area contributed by atoms with E-state index in [1.807, 2.05) is 37.3 Å². The summed E-state index contributed by atoms with van der Waals surface area (Å²) in [6.07, 6.45) is 3.19. The summed E-state index contributed by atoms with van der Waals surface area (Å²) in [5.74, 6) is -0.176. The predicted octanol–water partition coefficient (Wildman–Crippen LogP) is 2.48. The van der Waals surface area contributed by atoms with Gasteiger partial charge in [0.15, 0.2) is 0 Å². The number of hydrogen-bond acceptors (Lipinski definition) is 6.